The number of nitrogens with one attached hydrogen (secondary N) is 2. The van der Waals surface area contributed by atoms with Crippen LogP contribution in [0.1, 0.15) is 25.8 Å². The van der Waals surface area contributed by atoms with Gasteiger partial charge in [-0.1, -0.05) is 19.9 Å². The van der Waals surface area contributed by atoms with Crippen molar-refractivity contribution in [3.63, 3.8) is 0 Å². The summed E-state index contributed by atoms with van der Waals surface area (Å²) >= 11 is 0. The van der Waals surface area contributed by atoms with Crippen LogP contribution in [-0.2, 0) is 12.0 Å². The van der Waals surface area contributed by atoms with Gasteiger partial charge in [-0.3, -0.25) is 9.67 Å². The lowest BCUT2D eigenvalue weighted by molar-refractivity contribution is 0.171. The molecule has 146 valence electrons. The fourth-order valence-corrected chi connectivity index (χ4v) is 2.97. The minimum Gasteiger partial charge on any atom is -0.486 e. The van der Waals surface area contributed by atoms with E-state index in [0.717, 1.165) is 43.5 Å². The number of rotatable bonds is 7. The van der Waals surface area contributed by atoms with Crippen LogP contribution in [0.2, 0.25) is 0 Å². The molecule has 0 aliphatic carbocycles. The highest BCUT2D eigenvalue weighted by Crippen LogP contribution is 2.34. The van der Waals surface area contributed by atoms with E-state index < -0.39 is 0 Å². The summed E-state index contributed by atoms with van der Waals surface area (Å²) in [5.41, 5.74) is 1.12. The zero-order valence-electron chi connectivity index (χ0n) is 16.4. The molecule has 7 nitrogen and oxygen atoms in total. The third-order valence-corrected chi connectivity index (χ3v) is 4.66. The van der Waals surface area contributed by atoms with Gasteiger partial charge < -0.3 is 20.1 Å². The van der Waals surface area contributed by atoms with E-state index in [2.05, 4.69) is 46.7 Å². The van der Waals surface area contributed by atoms with Gasteiger partial charge in [0.15, 0.2) is 17.5 Å². The SMILES string of the molecule is CN=C(NCCCn1cccn1)NCC(C)(C)c1ccc2c(c1)OCCO2. The molecule has 0 saturated carbocycles. The average Bonchev–Trinajstić information content (AvgIpc) is 3.20. The molecular weight excluding hydrogens is 342 g/mol. The molecule has 27 heavy (non-hydrogen) atoms. The number of aryl methyl sites for hydroxylation is 1. The van der Waals surface area contributed by atoms with Crippen LogP contribution in [0.3, 0.4) is 0 Å². The molecule has 1 aromatic heterocycles. The number of ether oxygens (including phenoxy) is 2. The first kappa shape index (κ1) is 19.1. The Morgan fingerprint density at radius 2 is 2.04 bits per heavy atom. The highest BCUT2D eigenvalue weighted by Gasteiger charge is 2.23. The Kier molecular flexibility index (Phi) is 6.21. The molecule has 0 radical (unpaired) electrons. The van der Waals surface area contributed by atoms with Gasteiger partial charge in [0.05, 0.1) is 0 Å². The van der Waals surface area contributed by atoms with Gasteiger partial charge in [-0.05, 0) is 30.2 Å². The number of aromatic nitrogens is 2. The van der Waals surface area contributed by atoms with E-state index in [0.29, 0.717) is 13.2 Å². The number of aliphatic imine (C=N–C) groups is 1. The normalized spacial score (nSPS) is 14.1. The maximum Gasteiger partial charge on any atom is 0.191 e. The lowest BCUT2D eigenvalue weighted by Crippen LogP contribution is -2.43. The number of fused-ring (bicyclic) bond motifs is 1. The second-order valence-electron chi connectivity index (χ2n) is 7.22. The number of hydrogen-bond acceptors (Lipinski definition) is 4. The van der Waals surface area contributed by atoms with E-state index in [1.54, 1.807) is 13.2 Å². The largest absolute Gasteiger partial charge is 0.486 e. The van der Waals surface area contributed by atoms with Crippen molar-refractivity contribution in [3.05, 3.63) is 42.2 Å². The molecule has 3 rings (SSSR count). The zero-order valence-corrected chi connectivity index (χ0v) is 16.4. The molecule has 2 aromatic rings. The van der Waals surface area contributed by atoms with Crippen LogP contribution < -0.4 is 20.1 Å². The first-order chi connectivity index (χ1) is 13.1. The molecule has 2 N–H and O–H groups in total. The minimum atomic E-state index is -0.0808. The maximum absolute atomic E-state index is 5.71. The van der Waals surface area contributed by atoms with E-state index in [-0.39, 0.29) is 5.41 Å². The first-order valence-corrected chi connectivity index (χ1v) is 9.40. The van der Waals surface area contributed by atoms with Gasteiger partial charge in [0.25, 0.3) is 0 Å². The second-order valence-corrected chi connectivity index (χ2v) is 7.22. The van der Waals surface area contributed by atoms with Crippen molar-refractivity contribution in [2.75, 3.05) is 33.4 Å². The van der Waals surface area contributed by atoms with Crippen LogP contribution in [0.5, 0.6) is 11.5 Å². The monoisotopic (exact) mass is 371 g/mol. The summed E-state index contributed by atoms with van der Waals surface area (Å²) in [7, 11) is 1.79. The van der Waals surface area contributed by atoms with Crippen molar-refractivity contribution in [1.29, 1.82) is 0 Å². The van der Waals surface area contributed by atoms with E-state index in [1.807, 2.05) is 23.0 Å². The summed E-state index contributed by atoms with van der Waals surface area (Å²) in [6.45, 7) is 8.10. The molecule has 0 unspecified atom stereocenters. The number of benzene rings is 1. The Bertz CT molecular complexity index is 756. The summed E-state index contributed by atoms with van der Waals surface area (Å²) < 4.78 is 13.3. The first-order valence-electron chi connectivity index (χ1n) is 9.40. The van der Waals surface area contributed by atoms with Gasteiger partial charge in [-0.25, -0.2) is 0 Å². The van der Waals surface area contributed by atoms with Crippen molar-refractivity contribution < 1.29 is 9.47 Å². The third kappa shape index (κ3) is 5.15. The Morgan fingerprint density at radius 1 is 1.22 bits per heavy atom. The van der Waals surface area contributed by atoms with Gasteiger partial charge in [-0.2, -0.15) is 5.10 Å². The fraction of sp³-hybridized carbons (Fsp3) is 0.500. The standard InChI is InChI=1S/C20H29N5O2/c1-20(2,16-6-7-17-18(14-16)27-13-12-26-17)15-23-19(21-3)22-8-4-10-25-11-5-9-24-25/h5-7,9,11,14H,4,8,10,12-13,15H2,1-3H3,(H2,21,22,23). The summed E-state index contributed by atoms with van der Waals surface area (Å²) in [5.74, 6) is 2.46. The van der Waals surface area contributed by atoms with Crippen molar-refractivity contribution in [2.24, 2.45) is 4.99 Å². The van der Waals surface area contributed by atoms with Gasteiger partial charge >= 0.3 is 0 Å². The van der Waals surface area contributed by atoms with Crippen molar-refractivity contribution >= 4 is 5.96 Å². The van der Waals surface area contributed by atoms with Crippen molar-refractivity contribution in [1.82, 2.24) is 20.4 Å². The molecule has 0 spiro atoms. The molecule has 7 heteroatoms. The number of hydrogen-bond donors (Lipinski definition) is 2. The van der Waals surface area contributed by atoms with E-state index >= 15 is 0 Å². The molecule has 0 bridgehead atoms. The lowest BCUT2D eigenvalue weighted by Gasteiger charge is -2.28. The highest BCUT2D eigenvalue weighted by atomic mass is 16.6. The molecule has 1 aliphatic heterocycles. The van der Waals surface area contributed by atoms with Crippen LogP contribution in [0.4, 0.5) is 0 Å². The molecule has 0 amide bonds. The van der Waals surface area contributed by atoms with Gasteiger partial charge in [0.2, 0.25) is 0 Å². The summed E-state index contributed by atoms with van der Waals surface area (Å²) in [4.78, 5) is 4.32. The van der Waals surface area contributed by atoms with E-state index in [9.17, 15) is 0 Å². The molecule has 2 heterocycles. The molecular formula is C20H29N5O2. The van der Waals surface area contributed by atoms with Crippen molar-refractivity contribution in [2.45, 2.75) is 32.2 Å². The maximum atomic E-state index is 5.71. The number of guanidine groups is 1. The Hall–Kier alpha value is -2.70. The smallest absolute Gasteiger partial charge is 0.191 e. The molecule has 0 fully saturated rings. The summed E-state index contributed by atoms with van der Waals surface area (Å²) in [5, 5.41) is 11.0. The average molecular weight is 371 g/mol. The second kappa shape index (κ2) is 8.79. The molecule has 0 saturated heterocycles. The van der Waals surface area contributed by atoms with Crippen LogP contribution in [0.25, 0.3) is 0 Å². The van der Waals surface area contributed by atoms with Crippen LogP contribution >= 0.6 is 0 Å². The van der Waals surface area contributed by atoms with Crippen LogP contribution in [-0.4, -0.2) is 49.1 Å². The molecule has 1 aromatic carbocycles. The van der Waals surface area contributed by atoms with Crippen molar-refractivity contribution in [3.8, 4) is 11.5 Å². The fourth-order valence-electron chi connectivity index (χ4n) is 2.97. The van der Waals surface area contributed by atoms with Crippen LogP contribution in [0, 0.1) is 0 Å². The molecule has 0 atom stereocenters. The van der Waals surface area contributed by atoms with Gasteiger partial charge in [-0.15, -0.1) is 0 Å². The Balaban J connectivity index is 1.49. The Labute approximate surface area is 160 Å². The predicted molar refractivity (Wildman–Crippen MR) is 107 cm³/mol. The summed E-state index contributed by atoms with van der Waals surface area (Å²) in [6.07, 6.45) is 4.75. The van der Waals surface area contributed by atoms with E-state index in [4.69, 9.17) is 9.47 Å². The predicted octanol–water partition coefficient (Wildman–Crippen LogP) is 2.19. The van der Waals surface area contributed by atoms with Gasteiger partial charge in [0, 0.05) is 44.5 Å². The zero-order chi connectivity index (χ0) is 19.1. The van der Waals surface area contributed by atoms with Gasteiger partial charge in [0.1, 0.15) is 13.2 Å². The topological polar surface area (TPSA) is 72.7 Å². The quantitative estimate of drug-likeness (QED) is 0.443. The lowest BCUT2D eigenvalue weighted by atomic mass is 9.84. The molecule has 1 aliphatic rings. The Morgan fingerprint density at radius 3 is 2.78 bits per heavy atom. The minimum absolute atomic E-state index is 0.0808. The summed E-state index contributed by atoms with van der Waals surface area (Å²) in [6, 6.07) is 8.12. The number of nitrogens with zero attached hydrogens (tertiary/aromatic N) is 3. The van der Waals surface area contributed by atoms with E-state index in [1.165, 1.54) is 5.56 Å². The highest BCUT2D eigenvalue weighted by molar-refractivity contribution is 5.79. The van der Waals surface area contributed by atoms with Crippen LogP contribution in [0.15, 0.2) is 41.7 Å². The third-order valence-electron chi connectivity index (χ3n) is 4.66.